The fourth-order valence-corrected chi connectivity index (χ4v) is 3.37. The van der Waals surface area contributed by atoms with Gasteiger partial charge in [-0.1, -0.05) is 54.6 Å². The Morgan fingerprint density at radius 1 is 0.875 bits per heavy atom. The van der Waals surface area contributed by atoms with E-state index in [1.54, 1.807) is 6.21 Å². The SMILES string of the molecule is CC1(C)OB(c2ccc(OCc3ccccc3)cc2C=NNc2ccccc2)OC1(C)C. The Balaban J connectivity index is 1.58. The summed E-state index contributed by atoms with van der Waals surface area (Å²) in [5, 5.41) is 4.43. The van der Waals surface area contributed by atoms with Crippen LogP contribution in [-0.2, 0) is 15.9 Å². The topological polar surface area (TPSA) is 52.1 Å². The molecule has 0 unspecified atom stereocenters. The highest BCUT2D eigenvalue weighted by molar-refractivity contribution is 6.63. The third kappa shape index (κ3) is 5.04. The zero-order chi connectivity index (χ0) is 22.6. The first-order chi connectivity index (χ1) is 15.3. The van der Waals surface area contributed by atoms with Crippen molar-refractivity contribution in [3.8, 4) is 5.75 Å². The number of rotatable bonds is 7. The van der Waals surface area contributed by atoms with Crippen molar-refractivity contribution in [1.29, 1.82) is 0 Å². The van der Waals surface area contributed by atoms with Crippen molar-refractivity contribution in [3.63, 3.8) is 0 Å². The van der Waals surface area contributed by atoms with Crippen molar-refractivity contribution >= 4 is 24.5 Å². The first-order valence-corrected chi connectivity index (χ1v) is 10.8. The van der Waals surface area contributed by atoms with Crippen molar-refractivity contribution in [2.45, 2.75) is 45.5 Å². The molecule has 1 aliphatic rings. The second kappa shape index (κ2) is 9.19. The lowest BCUT2D eigenvalue weighted by Gasteiger charge is -2.32. The van der Waals surface area contributed by atoms with E-state index in [9.17, 15) is 0 Å². The van der Waals surface area contributed by atoms with Crippen molar-refractivity contribution < 1.29 is 14.0 Å². The molecule has 1 saturated heterocycles. The summed E-state index contributed by atoms with van der Waals surface area (Å²) in [6, 6.07) is 25.8. The van der Waals surface area contributed by atoms with Crippen LogP contribution in [0.15, 0.2) is 84.0 Å². The Morgan fingerprint density at radius 3 is 2.16 bits per heavy atom. The maximum absolute atomic E-state index is 6.28. The van der Waals surface area contributed by atoms with Gasteiger partial charge in [0.1, 0.15) is 12.4 Å². The molecular formula is C26H29BN2O3. The Hall–Kier alpha value is -3.09. The van der Waals surface area contributed by atoms with Crippen LogP contribution in [0.2, 0.25) is 0 Å². The molecule has 4 rings (SSSR count). The first-order valence-electron chi connectivity index (χ1n) is 10.8. The third-order valence-corrected chi connectivity index (χ3v) is 5.98. The highest BCUT2D eigenvalue weighted by Crippen LogP contribution is 2.36. The van der Waals surface area contributed by atoms with Crippen LogP contribution in [0.3, 0.4) is 0 Å². The van der Waals surface area contributed by atoms with Gasteiger partial charge in [-0.2, -0.15) is 5.10 Å². The number of para-hydroxylation sites is 1. The first kappa shape index (κ1) is 22.1. The van der Waals surface area contributed by atoms with Gasteiger partial charge in [0, 0.05) is 0 Å². The monoisotopic (exact) mass is 428 g/mol. The van der Waals surface area contributed by atoms with Crippen LogP contribution in [-0.4, -0.2) is 24.5 Å². The molecule has 0 aliphatic carbocycles. The van der Waals surface area contributed by atoms with Crippen molar-refractivity contribution in [3.05, 3.63) is 90.0 Å². The maximum atomic E-state index is 6.28. The Bertz CT molecular complexity index is 1050. The number of anilines is 1. The molecule has 32 heavy (non-hydrogen) atoms. The fraction of sp³-hybridized carbons (Fsp3) is 0.269. The van der Waals surface area contributed by atoms with Gasteiger partial charge in [-0.25, -0.2) is 0 Å². The van der Waals surface area contributed by atoms with E-state index >= 15 is 0 Å². The quantitative estimate of drug-likeness (QED) is 0.327. The predicted octanol–water partition coefficient (Wildman–Crippen LogP) is 5.01. The lowest BCUT2D eigenvalue weighted by atomic mass is 9.76. The van der Waals surface area contributed by atoms with Gasteiger partial charge < -0.3 is 14.0 Å². The van der Waals surface area contributed by atoms with Crippen molar-refractivity contribution in [2.75, 3.05) is 5.43 Å². The number of hydrogen-bond acceptors (Lipinski definition) is 5. The van der Waals surface area contributed by atoms with Gasteiger partial charge >= 0.3 is 7.12 Å². The summed E-state index contributed by atoms with van der Waals surface area (Å²) in [6.45, 7) is 8.70. The molecule has 6 heteroatoms. The van der Waals surface area contributed by atoms with E-state index in [0.29, 0.717) is 6.61 Å². The van der Waals surface area contributed by atoms with E-state index in [2.05, 4.69) is 38.2 Å². The minimum atomic E-state index is -0.485. The lowest BCUT2D eigenvalue weighted by molar-refractivity contribution is 0.00578. The largest absolute Gasteiger partial charge is 0.495 e. The average molecular weight is 428 g/mol. The molecule has 0 bridgehead atoms. The second-order valence-corrected chi connectivity index (χ2v) is 8.89. The zero-order valence-electron chi connectivity index (χ0n) is 19.0. The summed E-state index contributed by atoms with van der Waals surface area (Å²) in [5.74, 6) is 0.760. The summed E-state index contributed by atoms with van der Waals surface area (Å²) in [6.07, 6.45) is 1.78. The van der Waals surface area contributed by atoms with Crippen LogP contribution in [0.1, 0.15) is 38.8 Å². The fourth-order valence-electron chi connectivity index (χ4n) is 3.37. The molecule has 1 fully saturated rings. The molecular weight excluding hydrogens is 399 g/mol. The third-order valence-electron chi connectivity index (χ3n) is 5.98. The highest BCUT2D eigenvalue weighted by Gasteiger charge is 2.52. The van der Waals surface area contributed by atoms with E-state index in [0.717, 1.165) is 28.0 Å². The standard InChI is InChI=1S/C26H29BN2O3/c1-25(2)26(3,4)32-27(31-25)24-16-15-23(30-19-20-11-7-5-8-12-20)17-21(24)18-28-29-22-13-9-6-10-14-22/h5-18,29H,19H2,1-4H3. The molecule has 0 radical (unpaired) electrons. The zero-order valence-corrected chi connectivity index (χ0v) is 19.0. The molecule has 0 spiro atoms. The van der Waals surface area contributed by atoms with E-state index in [1.807, 2.05) is 78.9 Å². The minimum Gasteiger partial charge on any atom is -0.489 e. The Morgan fingerprint density at radius 2 is 1.50 bits per heavy atom. The van der Waals surface area contributed by atoms with Gasteiger partial charge in [0.05, 0.1) is 23.1 Å². The molecule has 5 nitrogen and oxygen atoms in total. The normalized spacial score (nSPS) is 16.9. The molecule has 164 valence electrons. The van der Waals surface area contributed by atoms with Crippen LogP contribution in [0.25, 0.3) is 0 Å². The van der Waals surface area contributed by atoms with Crippen LogP contribution in [0, 0.1) is 0 Å². The summed E-state index contributed by atoms with van der Waals surface area (Å²) >= 11 is 0. The molecule has 0 atom stereocenters. The Kier molecular flexibility index (Phi) is 6.35. The van der Waals surface area contributed by atoms with Crippen LogP contribution < -0.4 is 15.6 Å². The van der Waals surface area contributed by atoms with Crippen molar-refractivity contribution in [1.82, 2.24) is 0 Å². The highest BCUT2D eigenvalue weighted by atomic mass is 16.7. The number of hydrazone groups is 1. The lowest BCUT2D eigenvalue weighted by Crippen LogP contribution is -2.41. The van der Waals surface area contributed by atoms with Gasteiger partial charge in [0.15, 0.2) is 0 Å². The average Bonchev–Trinajstić information content (AvgIpc) is 3.00. The molecule has 1 N–H and O–H groups in total. The van der Waals surface area contributed by atoms with Crippen LogP contribution in [0.5, 0.6) is 5.75 Å². The van der Waals surface area contributed by atoms with Crippen LogP contribution in [0.4, 0.5) is 5.69 Å². The maximum Gasteiger partial charge on any atom is 0.495 e. The summed E-state index contributed by atoms with van der Waals surface area (Å²) in [7, 11) is -0.485. The van der Waals surface area contributed by atoms with E-state index in [1.165, 1.54) is 0 Å². The number of nitrogens with one attached hydrogen (secondary N) is 1. The van der Waals surface area contributed by atoms with Gasteiger partial charge in [-0.15, -0.1) is 0 Å². The summed E-state index contributed by atoms with van der Waals surface area (Å²) in [5.41, 5.74) is 6.04. The molecule has 3 aromatic rings. The minimum absolute atomic E-state index is 0.420. The molecule has 1 aliphatic heterocycles. The molecule has 0 amide bonds. The summed E-state index contributed by atoms with van der Waals surface area (Å²) < 4.78 is 18.6. The molecule has 0 aromatic heterocycles. The second-order valence-electron chi connectivity index (χ2n) is 8.89. The number of ether oxygens (including phenoxy) is 1. The number of benzene rings is 3. The van der Waals surface area contributed by atoms with Gasteiger partial charge in [-0.3, -0.25) is 5.43 Å². The van der Waals surface area contributed by atoms with Gasteiger partial charge in [0.25, 0.3) is 0 Å². The number of nitrogens with zero attached hydrogens (tertiary/aromatic N) is 1. The predicted molar refractivity (Wildman–Crippen MR) is 131 cm³/mol. The Labute approximate surface area is 190 Å². The number of hydrogen-bond donors (Lipinski definition) is 1. The molecule has 3 aromatic carbocycles. The van der Waals surface area contributed by atoms with Gasteiger partial charge in [-0.05, 0) is 68.6 Å². The smallest absolute Gasteiger partial charge is 0.489 e. The van der Waals surface area contributed by atoms with E-state index in [4.69, 9.17) is 14.0 Å². The van der Waals surface area contributed by atoms with E-state index < -0.39 is 18.3 Å². The van der Waals surface area contributed by atoms with Gasteiger partial charge in [0.2, 0.25) is 0 Å². The van der Waals surface area contributed by atoms with Crippen molar-refractivity contribution in [2.24, 2.45) is 5.10 Å². The van der Waals surface area contributed by atoms with Crippen LogP contribution >= 0.6 is 0 Å². The molecule has 1 heterocycles. The van der Waals surface area contributed by atoms with E-state index in [-0.39, 0.29) is 0 Å². The molecule has 0 saturated carbocycles. The summed E-state index contributed by atoms with van der Waals surface area (Å²) in [4.78, 5) is 0.